The zero-order valence-electron chi connectivity index (χ0n) is 13.2. The van der Waals surface area contributed by atoms with Crippen molar-refractivity contribution in [3.05, 3.63) is 0 Å². The zero-order valence-corrected chi connectivity index (χ0v) is 13.2. The highest BCUT2D eigenvalue weighted by atomic mass is 16.1. The largest absolute Gasteiger partial charge is 0.356 e. The lowest BCUT2D eigenvalue weighted by Crippen LogP contribution is -2.43. The van der Waals surface area contributed by atoms with E-state index in [9.17, 15) is 4.79 Å². The third-order valence-electron chi connectivity index (χ3n) is 5.68. The van der Waals surface area contributed by atoms with E-state index in [4.69, 9.17) is 5.73 Å². The van der Waals surface area contributed by atoms with Gasteiger partial charge in [0.05, 0.1) is 0 Å². The minimum absolute atomic E-state index is 0.144. The van der Waals surface area contributed by atoms with E-state index in [2.05, 4.69) is 19.2 Å². The molecule has 0 spiro atoms. The maximum Gasteiger partial charge on any atom is 0.223 e. The van der Waals surface area contributed by atoms with Crippen molar-refractivity contribution in [3.63, 3.8) is 0 Å². The fourth-order valence-electron chi connectivity index (χ4n) is 3.94. The Morgan fingerprint density at radius 1 is 1.10 bits per heavy atom. The van der Waals surface area contributed by atoms with Crippen molar-refractivity contribution >= 4 is 5.91 Å². The van der Waals surface area contributed by atoms with Crippen LogP contribution in [0.1, 0.15) is 65.2 Å². The number of rotatable bonds is 4. The van der Waals surface area contributed by atoms with Crippen molar-refractivity contribution in [1.29, 1.82) is 0 Å². The molecule has 20 heavy (non-hydrogen) atoms. The number of nitrogens with one attached hydrogen (secondary N) is 1. The molecule has 2 rings (SSSR count). The predicted octanol–water partition coefficient (Wildman–Crippen LogP) is 3.08. The summed E-state index contributed by atoms with van der Waals surface area (Å²) >= 11 is 0. The minimum atomic E-state index is 0.144. The number of carbonyl (C=O) groups is 1. The van der Waals surface area contributed by atoms with Crippen molar-refractivity contribution in [2.24, 2.45) is 29.4 Å². The Hall–Kier alpha value is -0.570. The second kappa shape index (κ2) is 7.44. The third-order valence-corrected chi connectivity index (χ3v) is 5.68. The van der Waals surface area contributed by atoms with Gasteiger partial charge in [-0.05, 0) is 49.9 Å². The van der Waals surface area contributed by atoms with Gasteiger partial charge in [0.2, 0.25) is 5.91 Å². The molecule has 0 aliphatic heterocycles. The normalized spacial score (nSPS) is 38.5. The molecule has 1 amide bonds. The van der Waals surface area contributed by atoms with E-state index in [0.29, 0.717) is 11.8 Å². The molecular weight excluding hydrogens is 248 g/mol. The van der Waals surface area contributed by atoms with Crippen LogP contribution in [-0.2, 0) is 4.79 Å². The van der Waals surface area contributed by atoms with Crippen LogP contribution in [0.2, 0.25) is 0 Å². The van der Waals surface area contributed by atoms with E-state index in [1.807, 2.05) is 0 Å². The molecule has 2 saturated carbocycles. The summed E-state index contributed by atoms with van der Waals surface area (Å²) in [6.45, 7) is 5.37. The lowest BCUT2D eigenvalue weighted by atomic mass is 9.77. The molecule has 3 nitrogen and oxygen atoms in total. The summed E-state index contributed by atoms with van der Waals surface area (Å²) in [5.74, 6) is 2.52. The second-order valence-electron chi connectivity index (χ2n) is 7.20. The molecule has 3 heteroatoms. The van der Waals surface area contributed by atoms with Crippen molar-refractivity contribution < 1.29 is 4.79 Å². The topological polar surface area (TPSA) is 55.1 Å². The minimum Gasteiger partial charge on any atom is -0.356 e. The number of hydrogen-bond donors (Lipinski definition) is 2. The Balaban J connectivity index is 1.72. The summed E-state index contributed by atoms with van der Waals surface area (Å²) in [5, 5.41) is 3.21. The van der Waals surface area contributed by atoms with Crippen molar-refractivity contribution in [2.75, 3.05) is 6.54 Å². The average Bonchev–Trinajstić information content (AvgIpc) is 2.47. The highest BCUT2D eigenvalue weighted by Gasteiger charge is 2.31. The van der Waals surface area contributed by atoms with Crippen LogP contribution in [0, 0.1) is 23.7 Å². The fraction of sp³-hybridized carbons (Fsp3) is 0.941. The fourth-order valence-corrected chi connectivity index (χ4v) is 3.94. The summed E-state index contributed by atoms with van der Waals surface area (Å²) in [5.41, 5.74) is 6.01. The summed E-state index contributed by atoms with van der Waals surface area (Å²) < 4.78 is 0. The summed E-state index contributed by atoms with van der Waals surface area (Å²) in [6.07, 6.45) is 9.64. The van der Waals surface area contributed by atoms with E-state index in [0.717, 1.165) is 31.7 Å². The monoisotopic (exact) mass is 280 g/mol. The van der Waals surface area contributed by atoms with Crippen LogP contribution in [0.15, 0.2) is 0 Å². The van der Waals surface area contributed by atoms with Gasteiger partial charge in [0, 0.05) is 18.5 Å². The van der Waals surface area contributed by atoms with Gasteiger partial charge in [0.1, 0.15) is 0 Å². The molecular formula is C17H32N2O. The molecule has 0 radical (unpaired) electrons. The van der Waals surface area contributed by atoms with Gasteiger partial charge in [-0.25, -0.2) is 0 Å². The van der Waals surface area contributed by atoms with E-state index in [1.165, 1.54) is 32.1 Å². The molecule has 0 aromatic carbocycles. The Morgan fingerprint density at radius 3 is 2.40 bits per heavy atom. The van der Waals surface area contributed by atoms with Crippen LogP contribution in [-0.4, -0.2) is 18.5 Å². The van der Waals surface area contributed by atoms with Gasteiger partial charge in [-0.3, -0.25) is 4.79 Å². The first kappa shape index (κ1) is 15.8. The molecule has 0 heterocycles. The van der Waals surface area contributed by atoms with Gasteiger partial charge in [0.25, 0.3) is 0 Å². The van der Waals surface area contributed by atoms with E-state index in [-0.39, 0.29) is 17.9 Å². The Kier molecular flexibility index (Phi) is 5.88. The first-order valence-electron chi connectivity index (χ1n) is 8.63. The summed E-state index contributed by atoms with van der Waals surface area (Å²) in [7, 11) is 0. The number of amides is 1. The number of nitrogens with two attached hydrogens (primary N) is 1. The second-order valence-corrected chi connectivity index (χ2v) is 7.20. The smallest absolute Gasteiger partial charge is 0.223 e. The lowest BCUT2D eigenvalue weighted by Gasteiger charge is -2.33. The molecule has 116 valence electrons. The van der Waals surface area contributed by atoms with Gasteiger partial charge < -0.3 is 11.1 Å². The lowest BCUT2D eigenvalue weighted by molar-refractivity contribution is -0.128. The highest BCUT2D eigenvalue weighted by molar-refractivity contribution is 5.79. The van der Waals surface area contributed by atoms with Crippen LogP contribution in [0.4, 0.5) is 0 Å². The Labute approximate surface area is 124 Å². The molecule has 0 aromatic heterocycles. The van der Waals surface area contributed by atoms with Crippen molar-refractivity contribution in [3.8, 4) is 0 Å². The van der Waals surface area contributed by atoms with E-state index in [1.54, 1.807) is 0 Å². The number of hydrogen-bond acceptors (Lipinski definition) is 2. The molecule has 3 N–H and O–H groups in total. The molecule has 2 fully saturated rings. The van der Waals surface area contributed by atoms with Gasteiger partial charge in [-0.15, -0.1) is 0 Å². The molecule has 0 saturated heterocycles. The van der Waals surface area contributed by atoms with Crippen LogP contribution < -0.4 is 11.1 Å². The van der Waals surface area contributed by atoms with Crippen LogP contribution in [0.5, 0.6) is 0 Å². The quantitative estimate of drug-likeness (QED) is 0.831. The SMILES string of the molecule is CCC1CCC(CNC(=O)C2CC(N)CCC2C)CC1. The molecule has 0 aromatic rings. The molecule has 3 unspecified atom stereocenters. The van der Waals surface area contributed by atoms with Crippen molar-refractivity contribution in [1.82, 2.24) is 5.32 Å². The predicted molar refractivity (Wildman–Crippen MR) is 83.2 cm³/mol. The maximum atomic E-state index is 12.4. The summed E-state index contributed by atoms with van der Waals surface area (Å²) in [4.78, 5) is 12.4. The molecule has 2 aliphatic rings. The van der Waals surface area contributed by atoms with Gasteiger partial charge >= 0.3 is 0 Å². The van der Waals surface area contributed by atoms with E-state index < -0.39 is 0 Å². The average molecular weight is 280 g/mol. The van der Waals surface area contributed by atoms with Gasteiger partial charge in [-0.2, -0.15) is 0 Å². The summed E-state index contributed by atoms with van der Waals surface area (Å²) in [6, 6.07) is 0.224. The highest BCUT2D eigenvalue weighted by Crippen LogP contribution is 2.31. The van der Waals surface area contributed by atoms with Gasteiger partial charge in [-0.1, -0.05) is 33.1 Å². The first-order chi connectivity index (χ1) is 9.60. The Morgan fingerprint density at radius 2 is 1.75 bits per heavy atom. The standard InChI is InChI=1S/C17H32N2O/c1-3-13-5-7-14(8-6-13)11-19-17(20)16-10-15(18)9-4-12(16)2/h12-16H,3-11,18H2,1-2H3,(H,19,20). The zero-order chi connectivity index (χ0) is 14.5. The van der Waals surface area contributed by atoms with Crippen LogP contribution in [0.25, 0.3) is 0 Å². The maximum absolute atomic E-state index is 12.4. The Bertz CT molecular complexity index is 310. The van der Waals surface area contributed by atoms with Crippen LogP contribution in [0.3, 0.4) is 0 Å². The molecule has 0 bridgehead atoms. The molecule has 3 atom stereocenters. The van der Waals surface area contributed by atoms with Crippen molar-refractivity contribution in [2.45, 2.75) is 71.3 Å². The molecule has 2 aliphatic carbocycles. The first-order valence-corrected chi connectivity index (χ1v) is 8.63. The third kappa shape index (κ3) is 4.21. The van der Waals surface area contributed by atoms with Gasteiger partial charge in [0.15, 0.2) is 0 Å². The van der Waals surface area contributed by atoms with E-state index >= 15 is 0 Å². The van der Waals surface area contributed by atoms with Crippen LogP contribution >= 0.6 is 0 Å². The number of carbonyl (C=O) groups excluding carboxylic acids is 1.